The molecule has 0 fully saturated rings. The van der Waals surface area contributed by atoms with E-state index in [1.165, 1.54) is 12.1 Å². The fraction of sp³-hybridized carbons (Fsp3) is 0.200. The van der Waals surface area contributed by atoms with Gasteiger partial charge in [0.2, 0.25) is 0 Å². The average Bonchev–Trinajstić information content (AvgIpc) is 2.25. The van der Waals surface area contributed by atoms with E-state index in [2.05, 4.69) is 12.6 Å². The van der Waals surface area contributed by atoms with Crippen molar-refractivity contribution in [2.75, 3.05) is 12.4 Å². The summed E-state index contributed by atoms with van der Waals surface area (Å²) in [5, 5.41) is 8.82. The minimum Gasteiger partial charge on any atom is -0.478 e. The van der Waals surface area contributed by atoms with Gasteiger partial charge in [-0.25, -0.2) is 9.59 Å². The summed E-state index contributed by atoms with van der Waals surface area (Å²) >= 11 is 3.88. The Kier molecular flexibility index (Phi) is 4.17. The number of esters is 1. The number of carboxylic acids is 1. The van der Waals surface area contributed by atoms with Crippen LogP contribution in [-0.4, -0.2) is 29.4 Å². The summed E-state index contributed by atoms with van der Waals surface area (Å²) in [6, 6.07) is 5.92. The number of benzene rings is 1. The highest BCUT2D eigenvalue weighted by molar-refractivity contribution is 7.80. The Bertz CT molecular complexity index is 375. The molecule has 0 aliphatic heterocycles. The van der Waals surface area contributed by atoms with E-state index >= 15 is 0 Å². The highest BCUT2D eigenvalue weighted by Crippen LogP contribution is 2.10. The van der Waals surface area contributed by atoms with Gasteiger partial charge in [0.05, 0.1) is 11.1 Å². The second kappa shape index (κ2) is 5.41. The third-order valence-corrected chi connectivity index (χ3v) is 1.88. The molecule has 1 rings (SSSR count). The van der Waals surface area contributed by atoms with Crippen LogP contribution in [0.2, 0.25) is 0 Å². The number of hydrogen-bond donors (Lipinski definition) is 2. The number of carboxylic acid groups (broad SMARTS) is 1. The molecule has 0 saturated heterocycles. The SMILES string of the molecule is O=C(O)c1ccccc1C(=O)OCCS. The van der Waals surface area contributed by atoms with E-state index in [4.69, 9.17) is 9.84 Å². The molecule has 1 aromatic carbocycles. The largest absolute Gasteiger partial charge is 0.478 e. The van der Waals surface area contributed by atoms with E-state index in [-0.39, 0.29) is 17.7 Å². The Morgan fingerprint density at radius 2 is 1.87 bits per heavy atom. The average molecular weight is 226 g/mol. The lowest BCUT2D eigenvalue weighted by atomic mass is 10.1. The van der Waals surface area contributed by atoms with E-state index in [0.29, 0.717) is 5.75 Å². The quantitative estimate of drug-likeness (QED) is 0.603. The maximum atomic E-state index is 11.4. The minimum atomic E-state index is -1.14. The topological polar surface area (TPSA) is 63.6 Å². The van der Waals surface area contributed by atoms with Gasteiger partial charge in [0, 0.05) is 5.75 Å². The number of thiol groups is 1. The van der Waals surface area contributed by atoms with Crippen LogP contribution in [0.3, 0.4) is 0 Å². The normalized spacial score (nSPS) is 9.67. The summed E-state index contributed by atoms with van der Waals surface area (Å²) in [6.07, 6.45) is 0. The van der Waals surface area contributed by atoms with Gasteiger partial charge in [0.1, 0.15) is 6.61 Å². The van der Waals surface area contributed by atoms with Crippen molar-refractivity contribution >= 4 is 24.6 Å². The van der Waals surface area contributed by atoms with Gasteiger partial charge < -0.3 is 9.84 Å². The molecule has 0 spiro atoms. The number of carbonyl (C=O) groups excluding carboxylic acids is 1. The molecule has 0 saturated carbocycles. The van der Waals surface area contributed by atoms with E-state index < -0.39 is 11.9 Å². The summed E-state index contributed by atoms with van der Waals surface area (Å²) in [5.41, 5.74) is 0.00782. The smallest absolute Gasteiger partial charge is 0.339 e. The van der Waals surface area contributed by atoms with Gasteiger partial charge in [-0.15, -0.1) is 0 Å². The predicted molar refractivity (Wildman–Crippen MR) is 57.5 cm³/mol. The first-order valence-corrected chi connectivity index (χ1v) is 4.90. The summed E-state index contributed by atoms with van der Waals surface area (Å²) in [6.45, 7) is 0.163. The molecule has 15 heavy (non-hydrogen) atoms. The van der Waals surface area contributed by atoms with Gasteiger partial charge in [-0.1, -0.05) is 12.1 Å². The fourth-order valence-electron chi connectivity index (χ4n) is 1.06. The summed E-state index contributed by atoms with van der Waals surface area (Å²) in [7, 11) is 0. The minimum absolute atomic E-state index is 0.0540. The molecule has 0 bridgehead atoms. The molecular weight excluding hydrogens is 216 g/mol. The molecule has 0 aliphatic carbocycles. The maximum Gasteiger partial charge on any atom is 0.339 e. The van der Waals surface area contributed by atoms with Crippen molar-refractivity contribution < 1.29 is 19.4 Å². The lowest BCUT2D eigenvalue weighted by molar-refractivity contribution is 0.0518. The van der Waals surface area contributed by atoms with Crippen LogP contribution in [-0.2, 0) is 4.74 Å². The van der Waals surface area contributed by atoms with Crippen molar-refractivity contribution in [3.05, 3.63) is 35.4 Å². The van der Waals surface area contributed by atoms with Gasteiger partial charge in [0.15, 0.2) is 0 Å². The lowest BCUT2D eigenvalue weighted by Gasteiger charge is -2.05. The van der Waals surface area contributed by atoms with E-state index in [0.717, 1.165) is 0 Å². The number of ether oxygens (including phenoxy) is 1. The van der Waals surface area contributed by atoms with Gasteiger partial charge >= 0.3 is 11.9 Å². The summed E-state index contributed by atoms with van der Waals surface area (Å²) < 4.78 is 4.79. The zero-order valence-corrected chi connectivity index (χ0v) is 8.74. The van der Waals surface area contributed by atoms with Crippen LogP contribution >= 0.6 is 12.6 Å². The zero-order chi connectivity index (χ0) is 11.3. The highest BCUT2D eigenvalue weighted by Gasteiger charge is 2.16. The third kappa shape index (κ3) is 2.99. The van der Waals surface area contributed by atoms with Crippen molar-refractivity contribution in [1.82, 2.24) is 0 Å². The lowest BCUT2D eigenvalue weighted by Crippen LogP contribution is -2.12. The standard InChI is InChI=1S/C10H10O4S/c11-9(12)7-3-1-2-4-8(7)10(13)14-5-6-15/h1-4,15H,5-6H2,(H,11,12). The van der Waals surface area contributed by atoms with Gasteiger partial charge in [-0.2, -0.15) is 12.6 Å². The Morgan fingerprint density at radius 3 is 2.40 bits per heavy atom. The van der Waals surface area contributed by atoms with Gasteiger partial charge in [-0.05, 0) is 12.1 Å². The number of carbonyl (C=O) groups is 2. The van der Waals surface area contributed by atoms with Crippen LogP contribution in [0.5, 0.6) is 0 Å². The van der Waals surface area contributed by atoms with Crippen LogP contribution in [0.25, 0.3) is 0 Å². The van der Waals surface area contributed by atoms with E-state index in [9.17, 15) is 9.59 Å². The Hall–Kier alpha value is -1.49. The Balaban J connectivity index is 2.92. The molecule has 0 unspecified atom stereocenters. The van der Waals surface area contributed by atoms with Crippen LogP contribution in [0, 0.1) is 0 Å². The van der Waals surface area contributed by atoms with Crippen molar-refractivity contribution in [2.24, 2.45) is 0 Å². The monoisotopic (exact) mass is 226 g/mol. The summed E-state index contributed by atoms with van der Waals surface area (Å²) in [5.74, 6) is -1.38. The molecule has 0 amide bonds. The Morgan fingerprint density at radius 1 is 1.27 bits per heavy atom. The van der Waals surface area contributed by atoms with Crippen molar-refractivity contribution in [3.63, 3.8) is 0 Å². The van der Waals surface area contributed by atoms with Crippen LogP contribution in [0.15, 0.2) is 24.3 Å². The Labute approximate surface area is 92.3 Å². The number of hydrogen-bond acceptors (Lipinski definition) is 4. The van der Waals surface area contributed by atoms with Crippen LogP contribution in [0.1, 0.15) is 20.7 Å². The predicted octanol–water partition coefficient (Wildman–Crippen LogP) is 1.47. The maximum absolute atomic E-state index is 11.4. The van der Waals surface area contributed by atoms with Crippen molar-refractivity contribution in [2.45, 2.75) is 0 Å². The molecule has 0 heterocycles. The molecule has 0 aromatic heterocycles. The van der Waals surface area contributed by atoms with Crippen molar-refractivity contribution in [1.29, 1.82) is 0 Å². The molecule has 80 valence electrons. The zero-order valence-electron chi connectivity index (χ0n) is 7.84. The molecule has 0 radical (unpaired) electrons. The van der Waals surface area contributed by atoms with E-state index in [1.807, 2.05) is 0 Å². The second-order valence-corrected chi connectivity index (χ2v) is 3.16. The van der Waals surface area contributed by atoms with E-state index in [1.54, 1.807) is 12.1 Å². The molecule has 1 aromatic rings. The van der Waals surface area contributed by atoms with Gasteiger partial charge in [0.25, 0.3) is 0 Å². The van der Waals surface area contributed by atoms with Crippen molar-refractivity contribution in [3.8, 4) is 0 Å². The summed E-state index contributed by atoms with van der Waals surface area (Å²) in [4.78, 5) is 22.2. The number of aromatic carboxylic acids is 1. The molecule has 5 heteroatoms. The first-order valence-electron chi connectivity index (χ1n) is 4.27. The first kappa shape index (κ1) is 11.6. The molecule has 1 N–H and O–H groups in total. The molecule has 0 atom stereocenters. The molecule has 4 nitrogen and oxygen atoms in total. The molecular formula is C10H10O4S. The van der Waals surface area contributed by atoms with Gasteiger partial charge in [-0.3, -0.25) is 0 Å². The first-order chi connectivity index (χ1) is 7.16. The van der Waals surface area contributed by atoms with Crippen LogP contribution < -0.4 is 0 Å². The molecule has 0 aliphatic rings. The highest BCUT2D eigenvalue weighted by atomic mass is 32.1. The second-order valence-electron chi connectivity index (χ2n) is 2.71. The van der Waals surface area contributed by atoms with Crippen LogP contribution in [0.4, 0.5) is 0 Å². The third-order valence-electron chi connectivity index (χ3n) is 1.70. The number of rotatable bonds is 4. The fourth-order valence-corrected chi connectivity index (χ4v) is 1.15.